The highest BCUT2D eigenvalue weighted by Crippen LogP contribution is 2.45. The Labute approximate surface area is 278 Å². The van der Waals surface area contributed by atoms with E-state index in [-0.39, 0.29) is 0 Å². The first-order valence-electron chi connectivity index (χ1n) is 15.7. The highest BCUT2D eigenvalue weighted by atomic mass is 35.5. The van der Waals surface area contributed by atoms with Crippen LogP contribution < -0.4 is 0 Å². The number of hydrogen-bond acceptors (Lipinski definition) is 7. The first kappa shape index (κ1) is 32.6. The van der Waals surface area contributed by atoms with Crippen molar-refractivity contribution in [2.24, 2.45) is 7.05 Å². The normalized spacial score (nSPS) is 15.6. The number of hydrogen-bond donors (Lipinski definition) is 1. The SMILES string of the molecule is COCCN1CCC(c2nn(C)c3ccc(-c4nc5cc(C)c(C(OC(C)(C)C)C(=O)O)c(-c6ccc(Cl)cc6)c5s4)cc23)CC1. The zero-order valence-electron chi connectivity index (χ0n) is 27.3. The predicted molar refractivity (Wildman–Crippen MR) is 186 cm³/mol. The van der Waals surface area contributed by atoms with Gasteiger partial charge in [-0.25, -0.2) is 9.78 Å². The molecule has 0 saturated carbocycles. The molecular formula is C36H41ClN4O4S. The number of nitrogens with zero attached hydrogens (tertiary/aromatic N) is 4. The van der Waals surface area contributed by atoms with Gasteiger partial charge in [0.2, 0.25) is 0 Å². The summed E-state index contributed by atoms with van der Waals surface area (Å²) in [5, 5.41) is 18.0. The molecule has 0 bridgehead atoms. The molecular weight excluding hydrogens is 620 g/mol. The molecule has 3 aromatic carbocycles. The third kappa shape index (κ3) is 6.57. The molecule has 2 aromatic heterocycles. The fourth-order valence-corrected chi connectivity index (χ4v) is 7.79. The Morgan fingerprint density at radius 2 is 1.80 bits per heavy atom. The number of aromatic nitrogens is 3. The molecule has 0 amide bonds. The second-order valence-electron chi connectivity index (χ2n) is 13.2. The Balaban J connectivity index is 1.46. The highest BCUT2D eigenvalue weighted by molar-refractivity contribution is 7.22. The van der Waals surface area contributed by atoms with Gasteiger partial charge in [-0.05, 0) is 101 Å². The van der Waals surface area contributed by atoms with Crippen LogP contribution in [0.2, 0.25) is 5.02 Å². The molecule has 8 nitrogen and oxygen atoms in total. The Morgan fingerprint density at radius 3 is 2.46 bits per heavy atom. The maximum absolute atomic E-state index is 12.7. The van der Waals surface area contributed by atoms with E-state index in [4.69, 9.17) is 31.2 Å². The summed E-state index contributed by atoms with van der Waals surface area (Å²) in [6, 6.07) is 16.0. The van der Waals surface area contributed by atoms with Crippen LogP contribution >= 0.6 is 22.9 Å². The van der Waals surface area contributed by atoms with Crippen LogP contribution in [0, 0.1) is 6.92 Å². The van der Waals surface area contributed by atoms with E-state index in [9.17, 15) is 9.90 Å². The van der Waals surface area contributed by atoms with Crippen molar-refractivity contribution < 1.29 is 19.4 Å². The van der Waals surface area contributed by atoms with Gasteiger partial charge in [0, 0.05) is 53.7 Å². The third-order valence-electron chi connectivity index (χ3n) is 8.73. The number of aliphatic carboxylic acids is 1. The number of ether oxygens (including phenoxy) is 2. The summed E-state index contributed by atoms with van der Waals surface area (Å²) in [5.41, 5.74) is 6.55. The number of thiazole rings is 1. The van der Waals surface area contributed by atoms with Crippen LogP contribution in [0.5, 0.6) is 0 Å². The monoisotopic (exact) mass is 660 g/mol. The second kappa shape index (κ2) is 13.0. The summed E-state index contributed by atoms with van der Waals surface area (Å²) < 4.78 is 14.4. The number of methoxy groups -OCH3 is 1. The molecule has 3 heterocycles. The second-order valence-corrected chi connectivity index (χ2v) is 14.6. The third-order valence-corrected chi connectivity index (χ3v) is 10.1. The standard InChI is InChI=1S/C36H41ClN4O4S/c1-21-19-27-33(30(22-7-10-25(37)11-8-22)29(21)32(35(42)43)45-36(2,3)4)46-34(38-27)24-9-12-28-26(20-24)31(39-40(28)5)23-13-15-41(16-14-23)17-18-44-6/h7-12,19-20,23,32H,13-18H2,1-6H3,(H,42,43). The Bertz CT molecular complexity index is 1880. The van der Waals surface area contributed by atoms with Crippen LogP contribution in [0.4, 0.5) is 0 Å². The van der Waals surface area contributed by atoms with E-state index in [0.717, 1.165) is 93.2 Å². The van der Waals surface area contributed by atoms with Gasteiger partial charge in [-0.3, -0.25) is 4.68 Å². The molecule has 46 heavy (non-hydrogen) atoms. The molecule has 0 spiro atoms. The number of rotatable bonds is 9. The molecule has 1 aliphatic heterocycles. The van der Waals surface area contributed by atoms with E-state index in [2.05, 4.69) is 23.1 Å². The van der Waals surface area contributed by atoms with E-state index in [1.807, 2.05) is 69.8 Å². The predicted octanol–water partition coefficient (Wildman–Crippen LogP) is 8.25. The minimum Gasteiger partial charge on any atom is -0.479 e. The average molecular weight is 661 g/mol. The molecule has 1 atom stereocenters. The number of piperidine rings is 1. The fourth-order valence-electron chi connectivity index (χ4n) is 6.54. The first-order chi connectivity index (χ1) is 21.9. The summed E-state index contributed by atoms with van der Waals surface area (Å²) in [6.45, 7) is 11.3. The lowest BCUT2D eigenvalue weighted by molar-refractivity contribution is -0.160. The van der Waals surface area contributed by atoms with Gasteiger partial charge < -0.3 is 19.5 Å². The Morgan fingerprint density at radius 1 is 1.11 bits per heavy atom. The van der Waals surface area contributed by atoms with Crippen molar-refractivity contribution in [1.82, 2.24) is 19.7 Å². The Kier molecular flexibility index (Phi) is 9.24. The van der Waals surface area contributed by atoms with Crippen LogP contribution in [0.3, 0.4) is 0 Å². The van der Waals surface area contributed by atoms with Gasteiger partial charge >= 0.3 is 5.97 Å². The summed E-state index contributed by atoms with van der Waals surface area (Å²) in [7, 11) is 3.76. The van der Waals surface area contributed by atoms with E-state index in [1.54, 1.807) is 18.4 Å². The van der Waals surface area contributed by atoms with Crippen LogP contribution in [-0.2, 0) is 21.3 Å². The first-order valence-corrected chi connectivity index (χ1v) is 16.9. The van der Waals surface area contributed by atoms with Crippen molar-refractivity contribution in [3.63, 3.8) is 0 Å². The molecule has 1 aliphatic rings. The van der Waals surface area contributed by atoms with E-state index in [1.165, 1.54) is 0 Å². The van der Waals surface area contributed by atoms with E-state index < -0.39 is 17.7 Å². The summed E-state index contributed by atoms with van der Waals surface area (Å²) in [5.74, 6) is -0.637. The number of likely N-dealkylation sites (tertiary alicyclic amines) is 1. The largest absolute Gasteiger partial charge is 0.479 e. The molecule has 6 rings (SSSR count). The van der Waals surface area contributed by atoms with Crippen molar-refractivity contribution in [1.29, 1.82) is 0 Å². The van der Waals surface area contributed by atoms with Gasteiger partial charge in [-0.1, -0.05) is 23.7 Å². The Hall–Kier alpha value is -3.34. The lowest BCUT2D eigenvalue weighted by atomic mass is 9.91. The number of carboxylic acid groups (broad SMARTS) is 1. The minimum absolute atomic E-state index is 0.394. The summed E-state index contributed by atoms with van der Waals surface area (Å²) >= 11 is 7.85. The summed E-state index contributed by atoms with van der Waals surface area (Å²) in [6.07, 6.45) is 0.973. The molecule has 242 valence electrons. The van der Waals surface area contributed by atoms with Crippen molar-refractivity contribution in [3.05, 3.63) is 70.4 Å². The lowest BCUT2D eigenvalue weighted by Crippen LogP contribution is -2.35. The molecule has 1 saturated heterocycles. The van der Waals surface area contributed by atoms with Crippen molar-refractivity contribution in [2.75, 3.05) is 33.4 Å². The number of carboxylic acids is 1. The van der Waals surface area contributed by atoms with Crippen molar-refractivity contribution in [2.45, 2.75) is 58.2 Å². The number of aryl methyl sites for hydroxylation is 2. The van der Waals surface area contributed by atoms with Crippen molar-refractivity contribution >= 4 is 50.0 Å². The zero-order chi connectivity index (χ0) is 32.7. The van der Waals surface area contributed by atoms with E-state index >= 15 is 0 Å². The zero-order valence-corrected chi connectivity index (χ0v) is 28.8. The van der Waals surface area contributed by atoms with Gasteiger partial charge in [0.15, 0.2) is 6.10 Å². The highest BCUT2D eigenvalue weighted by Gasteiger charge is 2.32. The molecule has 0 aliphatic carbocycles. The molecule has 0 radical (unpaired) electrons. The van der Waals surface area contributed by atoms with Crippen LogP contribution in [0.25, 0.3) is 42.8 Å². The van der Waals surface area contributed by atoms with Crippen LogP contribution in [-0.4, -0.2) is 69.7 Å². The number of benzene rings is 3. The molecule has 5 aromatic rings. The average Bonchev–Trinajstić information content (AvgIpc) is 3.59. The van der Waals surface area contributed by atoms with Crippen LogP contribution in [0.1, 0.15) is 62.5 Å². The molecule has 1 N–H and O–H groups in total. The quantitative estimate of drug-likeness (QED) is 0.170. The fraction of sp³-hybridized carbons (Fsp3) is 0.417. The molecule has 10 heteroatoms. The minimum atomic E-state index is -1.16. The van der Waals surface area contributed by atoms with E-state index in [0.29, 0.717) is 16.5 Å². The van der Waals surface area contributed by atoms with Gasteiger partial charge in [0.25, 0.3) is 0 Å². The van der Waals surface area contributed by atoms with Crippen LogP contribution in [0.15, 0.2) is 48.5 Å². The lowest BCUT2D eigenvalue weighted by Gasteiger charge is -2.31. The van der Waals surface area contributed by atoms with Gasteiger partial charge in [-0.15, -0.1) is 11.3 Å². The van der Waals surface area contributed by atoms with Gasteiger partial charge in [0.1, 0.15) is 5.01 Å². The topological polar surface area (TPSA) is 89.7 Å². The number of fused-ring (bicyclic) bond motifs is 2. The molecule has 1 unspecified atom stereocenters. The van der Waals surface area contributed by atoms with Crippen molar-refractivity contribution in [3.8, 4) is 21.7 Å². The maximum Gasteiger partial charge on any atom is 0.337 e. The van der Waals surface area contributed by atoms with Gasteiger partial charge in [0.05, 0.1) is 33.6 Å². The number of carbonyl (C=O) groups is 1. The summed E-state index contributed by atoms with van der Waals surface area (Å²) in [4.78, 5) is 20.3. The van der Waals surface area contributed by atoms with Gasteiger partial charge in [-0.2, -0.15) is 5.10 Å². The molecule has 1 fully saturated rings. The smallest absolute Gasteiger partial charge is 0.337 e. The number of halogens is 1. The maximum atomic E-state index is 12.7.